The zero-order valence-corrected chi connectivity index (χ0v) is 19.0. The van der Waals surface area contributed by atoms with Crippen LogP contribution in [0.3, 0.4) is 0 Å². The van der Waals surface area contributed by atoms with Gasteiger partial charge in [-0.3, -0.25) is 0 Å². The molecule has 0 amide bonds. The summed E-state index contributed by atoms with van der Waals surface area (Å²) in [4.78, 5) is 23.0. The number of likely N-dealkylation sites (N-methyl/N-ethyl adjacent to an activating group) is 1. The first-order valence-electron chi connectivity index (χ1n) is 10.7. The first-order valence-corrected chi connectivity index (χ1v) is 11.2. The summed E-state index contributed by atoms with van der Waals surface area (Å²) < 4.78 is 5.53. The molecule has 0 aromatic heterocycles. The van der Waals surface area contributed by atoms with Gasteiger partial charge in [-0.25, -0.2) is 15.0 Å². The maximum atomic E-state index is 6.42. The average Bonchev–Trinajstić information content (AvgIpc) is 2.81. The van der Waals surface area contributed by atoms with E-state index in [2.05, 4.69) is 62.2 Å². The maximum Gasteiger partial charge on any atom is 0.251 e. The number of rotatable bonds is 2. The Labute approximate surface area is 192 Å². The Morgan fingerprint density at radius 1 is 1.03 bits per heavy atom. The molecule has 0 N–H and O–H groups in total. The van der Waals surface area contributed by atoms with Gasteiger partial charge in [-0.15, -0.1) is 11.6 Å². The summed E-state index contributed by atoms with van der Waals surface area (Å²) in [6.45, 7) is 4.10. The quantitative estimate of drug-likeness (QED) is 0.645. The highest BCUT2D eigenvalue weighted by atomic mass is 35.5. The summed E-state index contributed by atoms with van der Waals surface area (Å²) in [7, 11) is 3.81. The number of benzene rings is 1. The van der Waals surface area contributed by atoms with Gasteiger partial charge in [0.05, 0.1) is 18.5 Å². The molecule has 1 saturated heterocycles. The lowest BCUT2D eigenvalue weighted by atomic mass is 9.99. The van der Waals surface area contributed by atoms with Crippen LogP contribution in [0.4, 0.5) is 11.4 Å². The molecule has 3 aliphatic heterocycles. The van der Waals surface area contributed by atoms with Crippen molar-refractivity contribution in [3.05, 3.63) is 53.3 Å². The molecule has 7 nitrogen and oxygen atoms in total. The second-order valence-electron chi connectivity index (χ2n) is 8.14. The number of halogens is 1. The van der Waals surface area contributed by atoms with Crippen LogP contribution in [0, 0.1) is 0 Å². The van der Waals surface area contributed by atoms with Gasteiger partial charge >= 0.3 is 0 Å². The van der Waals surface area contributed by atoms with Gasteiger partial charge in [0.15, 0.2) is 5.84 Å². The summed E-state index contributed by atoms with van der Waals surface area (Å²) in [5, 5.41) is -0.509. The van der Waals surface area contributed by atoms with E-state index in [-0.39, 0.29) is 0 Å². The Kier molecular flexibility index (Phi) is 5.76. The SMILES string of the molecule is COC1=CC=C2C=Cc3cc(ccc3N3CCN(C)CC3)N=C3N=CC(Cl)C(=N3)N=C1C2. The van der Waals surface area contributed by atoms with Crippen LogP contribution in [0.2, 0.25) is 0 Å². The van der Waals surface area contributed by atoms with E-state index in [0.717, 1.165) is 48.7 Å². The molecule has 164 valence electrons. The topological polar surface area (TPSA) is 65.2 Å². The molecule has 3 heterocycles. The molecule has 4 aliphatic rings. The molecule has 1 aromatic rings. The predicted molar refractivity (Wildman–Crippen MR) is 133 cm³/mol. The van der Waals surface area contributed by atoms with Crippen molar-refractivity contribution in [1.82, 2.24) is 4.90 Å². The van der Waals surface area contributed by atoms with Crippen LogP contribution in [0.15, 0.2) is 67.7 Å². The van der Waals surface area contributed by atoms with E-state index < -0.39 is 5.38 Å². The number of alkyl halides is 1. The fourth-order valence-electron chi connectivity index (χ4n) is 4.08. The van der Waals surface area contributed by atoms with Crippen molar-refractivity contribution in [2.75, 3.05) is 45.2 Å². The Hall–Kier alpha value is -3.03. The normalized spacial score (nSPS) is 23.0. The van der Waals surface area contributed by atoms with Crippen LogP contribution in [0.5, 0.6) is 0 Å². The van der Waals surface area contributed by atoms with E-state index in [0.29, 0.717) is 24.0 Å². The van der Waals surface area contributed by atoms with Crippen LogP contribution in [0.1, 0.15) is 12.0 Å². The van der Waals surface area contributed by atoms with Gasteiger partial charge in [0.25, 0.3) is 5.96 Å². The van der Waals surface area contributed by atoms with Crippen molar-refractivity contribution in [1.29, 1.82) is 0 Å². The molecular weight excluding hydrogens is 424 g/mol. The van der Waals surface area contributed by atoms with Gasteiger partial charge in [0, 0.05) is 44.5 Å². The van der Waals surface area contributed by atoms with E-state index in [4.69, 9.17) is 21.3 Å². The lowest BCUT2D eigenvalue weighted by Crippen LogP contribution is -2.44. The highest BCUT2D eigenvalue weighted by Gasteiger charge is 2.22. The van der Waals surface area contributed by atoms with Gasteiger partial charge in [0.2, 0.25) is 0 Å². The zero-order chi connectivity index (χ0) is 22.1. The van der Waals surface area contributed by atoms with Crippen LogP contribution >= 0.6 is 11.6 Å². The zero-order valence-electron chi connectivity index (χ0n) is 18.2. The standard InChI is InChI=1S/C24H25ClN6O/c1-30-9-11-31(12-10-30)21-7-6-18-14-17(21)5-3-16-4-8-22(32-2)20(13-16)28-23-19(25)15-26-24(27-18)29-23/h3-8,14-15,19H,9-13H2,1-2H3. The van der Waals surface area contributed by atoms with Crippen LogP contribution in [-0.2, 0) is 4.74 Å². The second-order valence-corrected chi connectivity index (χ2v) is 8.61. The number of guanidine groups is 1. The number of piperazine rings is 1. The molecule has 0 spiro atoms. The summed E-state index contributed by atoms with van der Waals surface area (Å²) >= 11 is 6.42. The molecule has 6 bridgehead atoms. The van der Waals surface area contributed by atoms with E-state index in [1.165, 1.54) is 5.69 Å². The van der Waals surface area contributed by atoms with Crippen molar-refractivity contribution >= 4 is 52.8 Å². The van der Waals surface area contributed by atoms with E-state index in [1.54, 1.807) is 13.3 Å². The molecule has 1 unspecified atom stereocenters. The average molecular weight is 449 g/mol. The van der Waals surface area contributed by atoms with Crippen molar-refractivity contribution in [2.45, 2.75) is 11.8 Å². The monoisotopic (exact) mass is 448 g/mol. The Morgan fingerprint density at radius 2 is 1.88 bits per heavy atom. The number of anilines is 1. The highest BCUT2D eigenvalue weighted by Crippen LogP contribution is 2.30. The molecule has 0 saturated carbocycles. The first kappa shape index (κ1) is 20.8. The van der Waals surface area contributed by atoms with Gasteiger partial charge < -0.3 is 14.5 Å². The fraction of sp³-hybridized carbons (Fsp3) is 0.333. The number of hydrogen-bond acceptors (Lipinski definition) is 7. The largest absolute Gasteiger partial charge is 0.495 e. The molecule has 1 aliphatic carbocycles. The molecule has 1 fully saturated rings. The van der Waals surface area contributed by atoms with Gasteiger partial charge in [0.1, 0.15) is 11.1 Å². The minimum absolute atomic E-state index is 0.345. The minimum atomic E-state index is -0.509. The number of methoxy groups -OCH3 is 1. The lowest BCUT2D eigenvalue weighted by Gasteiger charge is -2.35. The summed E-state index contributed by atoms with van der Waals surface area (Å²) in [6.07, 6.45) is 10.6. The third-order valence-electron chi connectivity index (χ3n) is 5.92. The van der Waals surface area contributed by atoms with E-state index >= 15 is 0 Å². The number of ether oxygens (including phenoxy) is 1. The van der Waals surface area contributed by atoms with Crippen molar-refractivity contribution in [3.63, 3.8) is 0 Å². The van der Waals surface area contributed by atoms with Gasteiger partial charge in [-0.05, 0) is 42.5 Å². The Balaban J connectivity index is 1.62. The molecule has 0 radical (unpaired) electrons. The number of aliphatic imine (C=N–C) groups is 4. The second kappa shape index (κ2) is 8.84. The van der Waals surface area contributed by atoms with Crippen LogP contribution < -0.4 is 4.90 Å². The number of nitrogens with zero attached hydrogens (tertiary/aromatic N) is 6. The summed E-state index contributed by atoms with van der Waals surface area (Å²) in [5.41, 5.74) is 5.06. The lowest BCUT2D eigenvalue weighted by molar-refractivity contribution is 0.313. The Morgan fingerprint density at radius 3 is 2.69 bits per heavy atom. The number of allylic oxidation sites excluding steroid dienone is 5. The van der Waals surface area contributed by atoms with Gasteiger partial charge in [-0.2, -0.15) is 4.99 Å². The summed E-state index contributed by atoms with van der Waals surface area (Å²) in [6, 6.07) is 6.25. The molecular formula is C24H25ClN6O. The van der Waals surface area contributed by atoms with Crippen molar-refractivity contribution in [2.24, 2.45) is 20.0 Å². The molecule has 1 aromatic carbocycles. The summed E-state index contributed by atoms with van der Waals surface area (Å²) in [5.74, 6) is 1.53. The predicted octanol–water partition coefficient (Wildman–Crippen LogP) is 3.84. The highest BCUT2D eigenvalue weighted by molar-refractivity contribution is 6.43. The maximum absolute atomic E-state index is 6.42. The van der Waals surface area contributed by atoms with Gasteiger partial charge in [-0.1, -0.05) is 18.2 Å². The van der Waals surface area contributed by atoms with Crippen LogP contribution in [-0.4, -0.2) is 74.3 Å². The molecule has 8 heteroatoms. The van der Waals surface area contributed by atoms with Crippen molar-refractivity contribution in [3.8, 4) is 0 Å². The first-order chi connectivity index (χ1) is 15.6. The van der Waals surface area contributed by atoms with Crippen molar-refractivity contribution < 1.29 is 4.74 Å². The van der Waals surface area contributed by atoms with E-state index in [9.17, 15) is 0 Å². The number of amidine groups is 1. The number of fused-ring (bicyclic) bond motifs is 5. The minimum Gasteiger partial charge on any atom is -0.495 e. The number of hydrogen-bond donors (Lipinski definition) is 0. The third kappa shape index (κ3) is 4.31. The molecule has 1 atom stereocenters. The van der Waals surface area contributed by atoms with E-state index in [1.807, 2.05) is 12.1 Å². The Bertz CT molecular complexity index is 1140. The molecule has 32 heavy (non-hydrogen) atoms. The smallest absolute Gasteiger partial charge is 0.251 e. The fourth-order valence-corrected chi connectivity index (χ4v) is 4.23. The molecule has 5 rings (SSSR count). The third-order valence-corrected chi connectivity index (χ3v) is 6.23. The van der Waals surface area contributed by atoms with Crippen LogP contribution in [0.25, 0.3) is 6.08 Å².